The molecule has 2 heterocycles. The van der Waals surface area contributed by atoms with Crippen LogP contribution in [0.1, 0.15) is 28.3 Å². The van der Waals surface area contributed by atoms with Crippen molar-refractivity contribution < 1.29 is 0 Å². The standard InChI is InChI=1S/C14H19N5/c1-9-6-10(2)17-14(16-9)18-15-8-13-7-11(3)19(5)12(13)4/h6-8H,1-5H3,(H,16,17,18)/b15-8+. The van der Waals surface area contributed by atoms with E-state index in [2.05, 4.69) is 45.0 Å². The SMILES string of the molecule is Cc1cc(C)nc(N/N=C/c2cc(C)n(C)c2C)n1. The second-order valence-corrected chi connectivity index (χ2v) is 4.73. The van der Waals surface area contributed by atoms with Crippen molar-refractivity contribution >= 4 is 12.2 Å². The molecule has 0 bridgehead atoms. The third-order valence-corrected chi connectivity index (χ3v) is 3.16. The van der Waals surface area contributed by atoms with Crippen LogP contribution in [0.2, 0.25) is 0 Å². The molecule has 0 amide bonds. The first-order valence-electron chi connectivity index (χ1n) is 6.21. The van der Waals surface area contributed by atoms with Crippen LogP contribution in [0.3, 0.4) is 0 Å². The molecule has 0 radical (unpaired) electrons. The van der Waals surface area contributed by atoms with E-state index in [9.17, 15) is 0 Å². The van der Waals surface area contributed by atoms with Gasteiger partial charge in [-0.25, -0.2) is 15.4 Å². The van der Waals surface area contributed by atoms with Crippen LogP contribution in [0.5, 0.6) is 0 Å². The van der Waals surface area contributed by atoms with Crippen molar-refractivity contribution in [1.82, 2.24) is 14.5 Å². The number of rotatable bonds is 3. The summed E-state index contributed by atoms with van der Waals surface area (Å²) in [6, 6.07) is 4.03. The first kappa shape index (κ1) is 13.3. The van der Waals surface area contributed by atoms with Gasteiger partial charge in [0.25, 0.3) is 0 Å². The van der Waals surface area contributed by atoms with Crippen LogP contribution in [0.4, 0.5) is 5.95 Å². The number of hydrogen-bond donors (Lipinski definition) is 1. The molecule has 0 spiro atoms. The zero-order valence-corrected chi connectivity index (χ0v) is 12.0. The van der Waals surface area contributed by atoms with Crippen molar-refractivity contribution in [2.24, 2.45) is 12.1 Å². The summed E-state index contributed by atoms with van der Waals surface area (Å²) >= 11 is 0. The lowest BCUT2D eigenvalue weighted by molar-refractivity contribution is 0.843. The number of nitrogens with zero attached hydrogens (tertiary/aromatic N) is 4. The van der Waals surface area contributed by atoms with E-state index in [1.165, 1.54) is 11.4 Å². The average Bonchev–Trinajstić information content (AvgIpc) is 2.56. The van der Waals surface area contributed by atoms with Crippen molar-refractivity contribution in [2.45, 2.75) is 27.7 Å². The van der Waals surface area contributed by atoms with Crippen molar-refractivity contribution in [3.63, 3.8) is 0 Å². The molecule has 0 unspecified atom stereocenters. The highest BCUT2D eigenvalue weighted by Crippen LogP contribution is 2.11. The van der Waals surface area contributed by atoms with Gasteiger partial charge in [-0.15, -0.1) is 0 Å². The molecule has 2 aromatic rings. The van der Waals surface area contributed by atoms with Crippen molar-refractivity contribution in [2.75, 3.05) is 5.43 Å². The fourth-order valence-electron chi connectivity index (χ4n) is 1.95. The summed E-state index contributed by atoms with van der Waals surface area (Å²) < 4.78 is 2.13. The zero-order chi connectivity index (χ0) is 14.0. The molecular formula is C14H19N5. The number of hydrogen-bond acceptors (Lipinski definition) is 4. The van der Waals surface area contributed by atoms with Gasteiger partial charge in [-0.3, -0.25) is 0 Å². The summed E-state index contributed by atoms with van der Waals surface area (Å²) in [6.07, 6.45) is 1.80. The molecule has 0 atom stereocenters. The summed E-state index contributed by atoms with van der Waals surface area (Å²) in [5, 5.41) is 4.20. The van der Waals surface area contributed by atoms with Gasteiger partial charge >= 0.3 is 0 Å². The molecule has 0 aliphatic rings. The minimum atomic E-state index is 0.527. The lowest BCUT2D eigenvalue weighted by atomic mass is 10.3. The Morgan fingerprint density at radius 1 is 1.11 bits per heavy atom. The smallest absolute Gasteiger partial charge is 0.243 e. The molecule has 1 N–H and O–H groups in total. The lowest BCUT2D eigenvalue weighted by Crippen LogP contribution is -2.00. The van der Waals surface area contributed by atoms with E-state index in [1.54, 1.807) is 6.21 Å². The van der Waals surface area contributed by atoms with Gasteiger partial charge in [0.05, 0.1) is 6.21 Å². The highest BCUT2D eigenvalue weighted by molar-refractivity contribution is 5.82. The first-order chi connectivity index (χ1) is 8.97. The summed E-state index contributed by atoms with van der Waals surface area (Å²) in [4.78, 5) is 8.54. The van der Waals surface area contributed by atoms with Gasteiger partial charge in [0.15, 0.2) is 0 Å². The molecule has 0 aliphatic carbocycles. The normalized spacial score (nSPS) is 11.2. The van der Waals surface area contributed by atoms with Gasteiger partial charge in [0, 0.05) is 35.4 Å². The van der Waals surface area contributed by atoms with Crippen LogP contribution in [0, 0.1) is 27.7 Å². The Hall–Kier alpha value is -2.17. The Bertz CT molecular complexity index is 605. The molecule has 19 heavy (non-hydrogen) atoms. The molecule has 5 heteroatoms. The Morgan fingerprint density at radius 2 is 1.74 bits per heavy atom. The second kappa shape index (κ2) is 5.22. The van der Waals surface area contributed by atoms with Gasteiger partial charge in [-0.1, -0.05) is 0 Å². The summed E-state index contributed by atoms with van der Waals surface area (Å²) in [5.41, 5.74) is 8.21. The predicted octanol–water partition coefficient (Wildman–Crippen LogP) is 2.49. The van der Waals surface area contributed by atoms with E-state index < -0.39 is 0 Å². The van der Waals surface area contributed by atoms with Crippen LogP contribution in [-0.2, 0) is 7.05 Å². The number of aromatic nitrogens is 3. The third-order valence-electron chi connectivity index (χ3n) is 3.16. The predicted molar refractivity (Wildman–Crippen MR) is 77.6 cm³/mol. The Labute approximate surface area is 113 Å². The summed E-state index contributed by atoms with van der Waals surface area (Å²) in [7, 11) is 2.04. The zero-order valence-electron chi connectivity index (χ0n) is 12.0. The van der Waals surface area contributed by atoms with E-state index in [1.807, 2.05) is 27.0 Å². The minimum absolute atomic E-state index is 0.527. The molecule has 0 saturated heterocycles. The number of anilines is 1. The highest BCUT2D eigenvalue weighted by atomic mass is 15.3. The van der Waals surface area contributed by atoms with Crippen LogP contribution >= 0.6 is 0 Å². The Kier molecular flexibility index (Phi) is 3.64. The third kappa shape index (κ3) is 2.99. The average molecular weight is 257 g/mol. The maximum absolute atomic E-state index is 4.27. The molecule has 100 valence electrons. The van der Waals surface area contributed by atoms with Gasteiger partial charge in [-0.05, 0) is 39.8 Å². The Morgan fingerprint density at radius 3 is 2.26 bits per heavy atom. The van der Waals surface area contributed by atoms with Gasteiger partial charge < -0.3 is 4.57 Å². The molecule has 0 fully saturated rings. The maximum Gasteiger partial charge on any atom is 0.243 e. The van der Waals surface area contributed by atoms with Crippen molar-refractivity contribution in [3.05, 3.63) is 40.5 Å². The van der Waals surface area contributed by atoms with Gasteiger partial charge in [-0.2, -0.15) is 5.10 Å². The quantitative estimate of drug-likeness (QED) is 0.679. The first-order valence-corrected chi connectivity index (χ1v) is 6.21. The van der Waals surface area contributed by atoms with E-state index in [4.69, 9.17) is 0 Å². The van der Waals surface area contributed by atoms with E-state index >= 15 is 0 Å². The summed E-state index contributed by atoms with van der Waals surface area (Å²) in [6.45, 7) is 8.02. The van der Waals surface area contributed by atoms with Gasteiger partial charge in [0.2, 0.25) is 5.95 Å². The van der Waals surface area contributed by atoms with Crippen LogP contribution in [-0.4, -0.2) is 20.7 Å². The van der Waals surface area contributed by atoms with E-state index in [0.717, 1.165) is 17.0 Å². The monoisotopic (exact) mass is 257 g/mol. The second-order valence-electron chi connectivity index (χ2n) is 4.73. The fourth-order valence-corrected chi connectivity index (χ4v) is 1.95. The molecule has 0 aromatic carbocycles. The lowest BCUT2D eigenvalue weighted by Gasteiger charge is -2.01. The number of aryl methyl sites for hydroxylation is 3. The molecule has 0 aliphatic heterocycles. The molecule has 0 saturated carbocycles. The van der Waals surface area contributed by atoms with E-state index in [0.29, 0.717) is 5.95 Å². The fraction of sp³-hybridized carbons (Fsp3) is 0.357. The van der Waals surface area contributed by atoms with Gasteiger partial charge in [0.1, 0.15) is 0 Å². The van der Waals surface area contributed by atoms with E-state index in [-0.39, 0.29) is 0 Å². The van der Waals surface area contributed by atoms with Crippen LogP contribution < -0.4 is 5.43 Å². The molecule has 5 nitrogen and oxygen atoms in total. The number of hydrazone groups is 1. The molecule has 2 rings (SSSR count). The highest BCUT2D eigenvalue weighted by Gasteiger charge is 2.03. The number of nitrogens with one attached hydrogen (secondary N) is 1. The summed E-state index contributed by atoms with van der Waals surface area (Å²) in [5.74, 6) is 0.527. The van der Waals surface area contributed by atoms with Crippen LogP contribution in [0.15, 0.2) is 17.2 Å². The minimum Gasteiger partial charge on any atom is -0.352 e. The van der Waals surface area contributed by atoms with Crippen molar-refractivity contribution in [1.29, 1.82) is 0 Å². The van der Waals surface area contributed by atoms with Crippen LogP contribution in [0.25, 0.3) is 0 Å². The largest absolute Gasteiger partial charge is 0.352 e. The molecular weight excluding hydrogens is 238 g/mol. The molecule has 2 aromatic heterocycles. The topological polar surface area (TPSA) is 55.1 Å². The van der Waals surface area contributed by atoms with Crippen molar-refractivity contribution in [3.8, 4) is 0 Å². The maximum atomic E-state index is 4.27. The Balaban J connectivity index is 2.13.